The first-order valence-electron chi connectivity index (χ1n) is 7.74. The van der Waals surface area contributed by atoms with E-state index in [9.17, 15) is 8.42 Å². The van der Waals surface area contributed by atoms with Crippen LogP contribution in [0.25, 0.3) is 0 Å². The minimum Gasteiger partial charge on any atom is -0.363 e. The Labute approximate surface area is 136 Å². The predicted octanol–water partition coefficient (Wildman–Crippen LogP) is 1.93. The maximum absolute atomic E-state index is 12.3. The van der Waals surface area contributed by atoms with Crippen molar-refractivity contribution in [3.05, 3.63) is 47.9 Å². The second-order valence-electron chi connectivity index (χ2n) is 5.92. The lowest BCUT2D eigenvalue weighted by atomic mass is 10.1. The van der Waals surface area contributed by atoms with Crippen molar-refractivity contribution >= 4 is 10.0 Å². The van der Waals surface area contributed by atoms with Crippen molar-refractivity contribution in [2.45, 2.75) is 37.2 Å². The summed E-state index contributed by atoms with van der Waals surface area (Å²) < 4.78 is 32.2. The van der Waals surface area contributed by atoms with Crippen LogP contribution in [0.1, 0.15) is 24.1 Å². The highest BCUT2D eigenvalue weighted by Gasteiger charge is 2.27. The Morgan fingerprint density at radius 2 is 1.96 bits per heavy atom. The topological polar surface area (TPSA) is 75.4 Å². The van der Waals surface area contributed by atoms with Crippen molar-refractivity contribution in [1.29, 1.82) is 0 Å². The number of nitrogens with zero attached hydrogens (tertiary/aromatic N) is 2. The molecule has 1 aromatic heterocycles. The quantitative estimate of drug-likeness (QED) is 0.903. The average Bonchev–Trinajstić information content (AvgIpc) is 2.97. The summed E-state index contributed by atoms with van der Waals surface area (Å²) in [6.45, 7) is 4.29. The van der Waals surface area contributed by atoms with Crippen molar-refractivity contribution in [1.82, 2.24) is 14.8 Å². The van der Waals surface area contributed by atoms with Gasteiger partial charge in [-0.05, 0) is 25.3 Å². The molecule has 0 radical (unpaired) electrons. The molecule has 7 heteroatoms. The van der Waals surface area contributed by atoms with Gasteiger partial charge in [-0.2, -0.15) is 0 Å². The normalized spacial score (nSPS) is 17.4. The summed E-state index contributed by atoms with van der Waals surface area (Å²) in [6, 6.07) is 10.3. The number of rotatable bonds is 5. The highest BCUT2D eigenvalue weighted by molar-refractivity contribution is 7.89. The molecular formula is C16H21N3O3S. The summed E-state index contributed by atoms with van der Waals surface area (Å²) in [6.07, 6.45) is 2.79. The van der Waals surface area contributed by atoms with Crippen LogP contribution in [-0.2, 0) is 16.6 Å². The van der Waals surface area contributed by atoms with Gasteiger partial charge in [0.1, 0.15) is 16.9 Å². The van der Waals surface area contributed by atoms with Crippen molar-refractivity contribution in [2.24, 2.45) is 0 Å². The largest absolute Gasteiger partial charge is 0.363 e. The standard InChI is InChI=1S/C16H21N3O3S/c1-13-16(12-22-17-13)23(20,21)18-15-7-9-19(10-8-15)11-14-5-3-2-4-6-14/h2-6,12,15,18H,7-11H2,1H3. The van der Waals surface area contributed by atoms with Crippen LogP contribution in [0.4, 0.5) is 0 Å². The summed E-state index contributed by atoms with van der Waals surface area (Å²) in [4.78, 5) is 2.48. The van der Waals surface area contributed by atoms with Gasteiger partial charge in [-0.15, -0.1) is 0 Å². The van der Waals surface area contributed by atoms with Crippen molar-refractivity contribution in [3.8, 4) is 0 Å². The zero-order valence-corrected chi connectivity index (χ0v) is 13.9. The molecule has 0 spiro atoms. The molecule has 3 rings (SSSR count). The lowest BCUT2D eigenvalue weighted by Crippen LogP contribution is -2.44. The fourth-order valence-corrected chi connectivity index (χ4v) is 4.27. The lowest BCUT2D eigenvalue weighted by molar-refractivity contribution is 0.200. The fourth-order valence-electron chi connectivity index (χ4n) is 2.87. The third kappa shape index (κ3) is 3.99. The van der Waals surface area contributed by atoms with E-state index < -0.39 is 10.0 Å². The Morgan fingerprint density at radius 1 is 1.26 bits per heavy atom. The molecule has 0 amide bonds. The Morgan fingerprint density at radius 3 is 2.57 bits per heavy atom. The molecule has 23 heavy (non-hydrogen) atoms. The van der Waals surface area contributed by atoms with Crippen LogP contribution in [0.2, 0.25) is 0 Å². The Balaban J connectivity index is 1.54. The van der Waals surface area contributed by atoms with E-state index in [4.69, 9.17) is 4.52 Å². The summed E-state index contributed by atoms with van der Waals surface area (Å²) in [5.41, 5.74) is 1.67. The molecule has 0 atom stereocenters. The third-order valence-corrected chi connectivity index (χ3v) is 5.77. The van der Waals surface area contributed by atoms with Crippen molar-refractivity contribution in [2.75, 3.05) is 13.1 Å². The molecule has 6 nitrogen and oxygen atoms in total. The first-order chi connectivity index (χ1) is 11.0. The van der Waals surface area contributed by atoms with Crippen molar-refractivity contribution in [3.63, 3.8) is 0 Å². The number of sulfonamides is 1. The molecule has 1 aliphatic rings. The minimum absolute atomic E-state index is 0.0404. The van der Waals surface area contributed by atoms with Crippen LogP contribution in [0, 0.1) is 6.92 Å². The Kier molecular flexibility index (Phi) is 4.79. The Bertz CT molecular complexity index is 735. The number of benzene rings is 1. The van der Waals surface area contributed by atoms with Crippen LogP contribution in [0.5, 0.6) is 0 Å². The molecule has 1 saturated heterocycles. The molecule has 2 heterocycles. The third-order valence-electron chi connectivity index (χ3n) is 4.15. The number of likely N-dealkylation sites (tertiary alicyclic amines) is 1. The number of piperidine rings is 1. The molecule has 1 aromatic carbocycles. The summed E-state index contributed by atoms with van der Waals surface area (Å²) >= 11 is 0. The molecule has 0 aliphatic carbocycles. The monoisotopic (exact) mass is 335 g/mol. The summed E-state index contributed by atoms with van der Waals surface area (Å²) in [5, 5.41) is 3.63. The van der Waals surface area contributed by atoms with E-state index in [1.54, 1.807) is 6.92 Å². The SMILES string of the molecule is Cc1nocc1S(=O)(=O)NC1CCN(Cc2ccccc2)CC1. The van der Waals surface area contributed by atoms with Crippen LogP contribution in [0.3, 0.4) is 0 Å². The summed E-state index contributed by atoms with van der Waals surface area (Å²) in [5.74, 6) is 0. The van der Waals surface area contributed by atoms with Gasteiger partial charge in [-0.3, -0.25) is 4.90 Å². The van der Waals surface area contributed by atoms with Gasteiger partial charge in [0.25, 0.3) is 0 Å². The van der Waals surface area contributed by atoms with E-state index in [0.717, 1.165) is 32.5 Å². The second-order valence-corrected chi connectivity index (χ2v) is 7.60. The molecular weight excluding hydrogens is 314 g/mol. The van der Waals surface area contributed by atoms with Crippen LogP contribution < -0.4 is 4.72 Å². The van der Waals surface area contributed by atoms with Gasteiger partial charge in [-0.1, -0.05) is 35.5 Å². The highest BCUT2D eigenvalue weighted by Crippen LogP contribution is 2.18. The summed E-state index contributed by atoms with van der Waals surface area (Å²) in [7, 11) is -3.55. The lowest BCUT2D eigenvalue weighted by Gasteiger charge is -2.32. The number of hydrogen-bond acceptors (Lipinski definition) is 5. The number of hydrogen-bond donors (Lipinski definition) is 1. The van der Waals surface area contributed by atoms with E-state index in [1.165, 1.54) is 11.8 Å². The number of aryl methyl sites for hydroxylation is 1. The van der Waals surface area contributed by atoms with Gasteiger partial charge in [0, 0.05) is 25.7 Å². The molecule has 124 valence electrons. The zero-order valence-electron chi connectivity index (χ0n) is 13.1. The van der Waals surface area contributed by atoms with Gasteiger partial charge in [0.15, 0.2) is 0 Å². The van der Waals surface area contributed by atoms with Gasteiger partial charge in [-0.25, -0.2) is 13.1 Å². The molecule has 2 aromatic rings. The van der Waals surface area contributed by atoms with E-state index >= 15 is 0 Å². The molecule has 1 fully saturated rings. The molecule has 0 saturated carbocycles. The van der Waals surface area contributed by atoms with E-state index in [1.807, 2.05) is 18.2 Å². The van der Waals surface area contributed by atoms with Gasteiger partial charge in [0.05, 0.1) is 0 Å². The van der Waals surface area contributed by atoms with Gasteiger partial charge >= 0.3 is 0 Å². The number of nitrogens with one attached hydrogen (secondary N) is 1. The second kappa shape index (κ2) is 6.82. The first-order valence-corrected chi connectivity index (χ1v) is 9.22. The van der Waals surface area contributed by atoms with E-state index in [-0.39, 0.29) is 10.9 Å². The van der Waals surface area contributed by atoms with Crippen LogP contribution >= 0.6 is 0 Å². The maximum Gasteiger partial charge on any atom is 0.245 e. The zero-order chi connectivity index (χ0) is 16.3. The Hall–Kier alpha value is -1.70. The van der Waals surface area contributed by atoms with E-state index in [2.05, 4.69) is 26.9 Å². The van der Waals surface area contributed by atoms with Crippen LogP contribution in [0.15, 0.2) is 46.0 Å². The smallest absolute Gasteiger partial charge is 0.245 e. The molecule has 0 unspecified atom stereocenters. The average molecular weight is 335 g/mol. The van der Waals surface area contributed by atoms with Gasteiger partial charge in [0.2, 0.25) is 10.0 Å². The van der Waals surface area contributed by atoms with Crippen molar-refractivity contribution < 1.29 is 12.9 Å². The number of aromatic nitrogens is 1. The van der Waals surface area contributed by atoms with Crippen LogP contribution in [-0.4, -0.2) is 37.6 Å². The van der Waals surface area contributed by atoms with E-state index in [0.29, 0.717) is 5.69 Å². The van der Waals surface area contributed by atoms with Gasteiger partial charge < -0.3 is 4.52 Å². The minimum atomic E-state index is -3.55. The molecule has 1 aliphatic heterocycles. The fraction of sp³-hybridized carbons (Fsp3) is 0.438. The first kappa shape index (κ1) is 16.2. The molecule has 1 N–H and O–H groups in total. The molecule has 0 bridgehead atoms. The predicted molar refractivity (Wildman–Crippen MR) is 86.3 cm³/mol. The maximum atomic E-state index is 12.3. The highest BCUT2D eigenvalue weighted by atomic mass is 32.2.